The number of nitrogens with one attached hydrogen (secondary N) is 1. The number of aromatic nitrogens is 3. The van der Waals surface area contributed by atoms with Gasteiger partial charge in [-0.1, -0.05) is 30.3 Å². The molecular weight excluding hydrogens is 316 g/mol. The minimum atomic E-state index is -0.433. The minimum Gasteiger partial charge on any atom is -0.331 e. The fourth-order valence-electron chi connectivity index (χ4n) is 3.00. The van der Waals surface area contributed by atoms with E-state index in [1.54, 1.807) is 29.4 Å². The first-order chi connectivity index (χ1) is 12.2. The average molecular weight is 332 g/mol. The molecule has 1 saturated heterocycles. The summed E-state index contributed by atoms with van der Waals surface area (Å²) in [6.07, 6.45) is 5.51. The van der Waals surface area contributed by atoms with E-state index in [0.29, 0.717) is 17.9 Å². The predicted octanol–water partition coefficient (Wildman–Crippen LogP) is 2.42. The van der Waals surface area contributed by atoms with Crippen LogP contribution < -0.4 is 5.56 Å². The number of H-pyrrole nitrogens is 1. The molecular formula is C19H16N4O2. The van der Waals surface area contributed by atoms with Crippen molar-refractivity contribution in [2.24, 2.45) is 0 Å². The van der Waals surface area contributed by atoms with Gasteiger partial charge in [-0.2, -0.15) is 0 Å². The van der Waals surface area contributed by atoms with E-state index in [1.807, 2.05) is 30.3 Å². The zero-order chi connectivity index (χ0) is 17.2. The summed E-state index contributed by atoms with van der Waals surface area (Å²) in [5, 5.41) is 0. The van der Waals surface area contributed by atoms with Gasteiger partial charge in [-0.25, -0.2) is 4.98 Å². The first-order valence-corrected chi connectivity index (χ1v) is 8.09. The molecule has 3 aromatic rings. The van der Waals surface area contributed by atoms with E-state index in [9.17, 15) is 9.59 Å². The summed E-state index contributed by atoms with van der Waals surface area (Å²) in [5.74, 6) is 0.115. The number of hydrogen-bond donors (Lipinski definition) is 1. The molecule has 0 aliphatic carbocycles. The Morgan fingerprint density at radius 2 is 1.96 bits per heavy atom. The van der Waals surface area contributed by atoms with Crippen LogP contribution in [0.4, 0.5) is 0 Å². The summed E-state index contributed by atoms with van der Waals surface area (Å²) in [7, 11) is 0. The van der Waals surface area contributed by atoms with E-state index >= 15 is 0 Å². The second-order valence-electron chi connectivity index (χ2n) is 5.93. The van der Waals surface area contributed by atoms with E-state index in [2.05, 4.69) is 15.0 Å². The second kappa shape index (κ2) is 6.32. The molecule has 0 bridgehead atoms. The summed E-state index contributed by atoms with van der Waals surface area (Å²) >= 11 is 0. The number of likely N-dealkylation sites (tertiary alicyclic amines) is 1. The average Bonchev–Trinajstić information content (AvgIpc) is 2.62. The molecule has 0 radical (unpaired) electrons. The Labute approximate surface area is 144 Å². The lowest BCUT2D eigenvalue weighted by Gasteiger charge is -2.41. The van der Waals surface area contributed by atoms with Crippen LogP contribution in [0, 0.1) is 0 Å². The van der Waals surface area contributed by atoms with Crippen molar-refractivity contribution in [3.8, 4) is 11.4 Å². The molecule has 1 aliphatic heterocycles. The number of benzene rings is 1. The van der Waals surface area contributed by atoms with Gasteiger partial charge in [0, 0.05) is 30.7 Å². The van der Waals surface area contributed by atoms with Crippen molar-refractivity contribution in [2.75, 3.05) is 6.54 Å². The SMILES string of the molecule is O=C(c1cnc(-c2cccnc2)[nH]c1=O)N1CC[C@H]1c1ccccc1. The molecule has 124 valence electrons. The van der Waals surface area contributed by atoms with Crippen LogP contribution >= 0.6 is 0 Å². The third kappa shape index (κ3) is 2.82. The quantitative estimate of drug-likeness (QED) is 0.799. The Morgan fingerprint density at radius 3 is 2.60 bits per heavy atom. The van der Waals surface area contributed by atoms with Crippen molar-refractivity contribution in [2.45, 2.75) is 12.5 Å². The number of aromatic amines is 1. The Morgan fingerprint density at radius 1 is 1.12 bits per heavy atom. The molecule has 0 spiro atoms. The molecule has 1 N–H and O–H groups in total. The molecule has 25 heavy (non-hydrogen) atoms. The van der Waals surface area contributed by atoms with Crippen LogP contribution in [-0.4, -0.2) is 32.3 Å². The summed E-state index contributed by atoms with van der Waals surface area (Å²) in [6.45, 7) is 0.641. The van der Waals surface area contributed by atoms with Gasteiger partial charge in [0.05, 0.1) is 6.04 Å². The van der Waals surface area contributed by atoms with E-state index in [1.165, 1.54) is 6.20 Å². The monoisotopic (exact) mass is 332 g/mol. The van der Waals surface area contributed by atoms with Gasteiger partial charge in [-0.3, -0.25) is 14.6 Å². The van der Waals surface area contributed by atoms with Crippen LogP contribution in [0.1, 0.15) is 28.4 Å². The van der Waals surface area contributed by atoms with Crippen molar-refractivity contribution < 1.29 is 4.79 Å². The maximum atomic E-state index is 12.7. The highest BCUT2D eigenvalue weighted by Gasteiger charge is 2.34. The van der Waals surface area contributed by atoms with Gasteiger partial charge < -0.3 is 9.88 Å². The number of rotatable bonds is 3. The maximum absolute atomic E-state index is 12.7. The zero-order valence-electron chi connectivity index (χ0n) is 13.4. The fourth-order valence-corrected chi connectivity index (χ4v) is 3.00. The molecule has 0 saturated carbocycles. The maximum Gasteiger partial charge on any atom is 0.264 e. The first kappa shape index (κ1) is 15.3. The fraction of sp³-hybridized carbons (Fsp3) is 0.158. The van der Waals surface area contributed by atoms with Gasteiger partial charge in [0.1, 0.15) is 11.4 Å². The Balaban J connectivity index is 1.60. The van der Waals surface area contributed by atoms with Gasteiger partial charge in [0.15, 0.2) is 0 Å². The molecule has 1 aliphatic rings. The lowest BCUT2D eigenvalue weighted by molar-refractivity contribution is 0.0458. The Hall–Kier alpha value is -3.28. The molecule has 6 heteroatoms. The van der Waals surface area contributed by atoms with Gasteiger partial charge in [0.25, 0.3) is 11.5 Å². The highest BCUT2D eigenvalue weighted by atomic mass is 16.2. The lowest BCUT2D eigenvalue weighted by Crippen LogP contribution is -2.46. The number of carbonyl (C=O) groups excluding carboxylic acids is 1. The normalized spacial score (nSPS) is 16.3. The van der Waals surface area contributed by atoms with Gasteiger partial charge >= 0.3 is 0 Å². The minimum absolute atomic E-state index is 0.0195. The standard InChI is InChI=1S/C19H16N4O2/c24-18-15(12-21-17(22-18)14-7-4-9-20-11-14)19(25)23-10-8-16(23)13-5-2-1-3-6-13/h1-7,9,11-12,16H,8,10H2,(H,21,22,24)/t16-/m0/s1. The summed E-state index contributed by atoms with van der Waals surface area (Å²) in [5.41, 5.74) is 1.41. The van der Waals surface area contributed by atoms with Crippen LogP contribution in [0.25, 0.3) is 11.4 Å². The van der Waals surface area contributed by atoms with Crippen LogP contribution in [0.2, 0.25) is 0 Å². The molecule has 1 atom stereocenters. The highest BCUT2D eigenvalue weighted by molar-refractivity contribution is 5.94. The predicted molar refractivity (Wildman–Crippen MR) is 92.9 cm³/mol. The highest BCUT2D eigenvalue weighted by Crippen LogP contribution is 2.33. The molecule has 4 rings (SSSR count). The van der Waals surface area contributed by atoms with Crippen LogP contribution in [0.3, 0.4) is 0 Å². The van der Waals surface area contributed by atoms with Crippen molar-refractivity contribution in [1.82, 2.24) is 19.9 Å². The third-order valence-corrected chi connectivity index (χ3v) is 4.43. The largest absolute Gasteiger partial charge is 0.331 e. The zero-order valence-corrected chi connectivity index (χ0v) is 13.4. The van der Waals surface area contributed by atoms with Crippen LogP contribution in [0.5, 0.6) is 0 Å². The number of carbonyl (C=O) groups is 1. The van der Waals surface area contributed by atoms with Crippen LogP contribution in [0.15, 0.2) is 65.8 Å². The second-order valence-corrected chi connectivity index (χ2v) is 5.93. The number of amides is 1. The smallest absolute Gasteiger partial charge is 0.264 e. The van der Waals surface area contributed by atoms with E-state index in [-0.39, 0.29) is 17.5 Å². The molecule has 0 unspecified atom stereocenters. The molecule has 6 nitrogen and oxygen atoms in total. The van der Waals surface area contributed by atoms with E-state index in [0.717, 1.165) is 12.0 Å². The Kier molecular flexibility index (Phi) is 3.85. The third-order valence-electron chi connectivity index (χ3n) is 4.43. The van der Waals surface area contributed by atoms with Gasteiger partial charge in [-0.05, 0) is 24.1 Å². The van der Waals surface area contributed by atoms with Crippen LogP contribution in [-0.2, 0) is 0 Å². The van der Waals surface area contributed by atoms with E-state index < -0.39 is 5.56 Å². The number of hydrogen-bond acceptors (Lipinski definition) is 4. The first-order valence-electron chi connectivity index (χ1n) is 8.09. The summed E-state index contributed by atoms with van der Waals surface area (Å²) in [4.78, 5) is 37.7. The van der Waals surface area contributed by atoms with E-state index in [4.69, 9.17) is 0 Å². The molecule has 1 fully saturated rings. The lowest BCUT2D eigenvalue weighted by atomic mass is 9.94. The molecule has 3 heterocycles. The van der Waals surface area contributed by atoms with Crippen molar-refractivity contribution in [1.29, 1.82) is 0 Å². The topological polar surface area (TPSA) is 79.0 Å². The summed E-state index contributed by atoms with van der Waals surface area (Å²) in [6, 6.07) is 13.4. The Bertz CT molecular complexity index is 954. The molecule has 1 aromatic carbocycles. The van der Waals surface area contributed by atoms with Gasteiger partial charge in [-0.15, -0.1) is 0 Å². The van der Waals surface area contributed by atoms with Crippen molar-refractivity contribution >= 4 is 5.91 Å². The number of pyridine rings is 1. The van der Waals surface area contributed by atoms with Crippen molar-refractivity contribution in [3.05, 3.63) is 82.5 Å². The summed E-state index contributed by atoms with van der Waals surface area (Å²) < 4.78 is 0. The van der Waals surface area contributed by atoms with Gasteiger partial charge in [0.2, 0.25) is 0 Å². The number of nitrogens with zero attached hydrogens (tertiary/aromatic N) is 3. The molecule has 1 amide bonds. The molecule has 2 aromatic heterocycles. The van der Waals surface area contributed by atoms with Crippen molar-refractivity contribution in [3.63, 3.8) is 0 Å².